The van der Waals surface area contributed by atoms with Crippen molar-refractivity contribution in [2.45, 2.75) is 16.7 Å². The van der Waals surface area contributed by atoms with Crippen molar-refractivity contribution in [3.05, 3.63) is 29.6 Å². The largest absolute Gasteiger partial charge is 0.618 e. The van der Waals surface area contributed by atoms with E-state index < -0.39 is 26.7 Å². The van der Waals surface area contributed by atoms with E-state index in [9.17, 15) is 14.3 Å². The lowest BCUT2D eigenvalue weighted by Crippen LogP contribution is -2.31. The van der Waals surface area contributed by atoms with Gasteiger partial charge in [-0.3, -0.25) is 9.13 Å². The lowest BCUT2D eigenvalue weighted by atomic mass is 10.3. The second-order valence-electron chi connectivity index (χ2n) is 4.56. The maximum Gasteiger partial charge on any atom is 0.339 e. The van der Waals surface area contributed by atoms with E-state index in [0.717, 1.165) is 11.8 Å². The minimum Gasteiger partial charge on any atom is -0.618 e. The Morgan fingerprint density at radius 2 is 1.91 bits per heavy atom. The molecule has 5 N–H and O–H groups in total. The molecule has 126 valence electrons. The first-order chi connectivity index (χ1) is 10.1. The van der Waals surface area contributed by atoms with E-state index in [1.54, 1.807) is 18.2 Å². The molecule has 0 radical (unpaired) electrons. The van der Waals surface area contributed by atoms with Gasteiger partial charge in [-0.25, -0.2) is 0 Å². The maximum atomic E-state index is 11.6. The molecule has 1 aromatic rings. The van der Waals surface area contributed by atoms with Gasteiger partial charge in [0, 0.05) is 23.9 Å². The fourth-order valence-electron chi connectivity index (χ4n) is 1.56. The normalized spacial score (nSPS) is 14.0. The van der Waals surface area contributed by atoms with Gasteiger partial charge in [0.2, 0.25) is 0 Å². The van der Waals surface area contributed by atoms with Gasteiger partial charge in [0.15, 0.2) is 6.20 Å². The van der Waals surface area contributed by atoms with E-state index in [2.05, 4.69) is 5.32 Å². The number of hydrogen-bond donors (Lipinski definition) is 5. The summed E-state index contributed by atoms with van der Waals surface area (Å²) in [6, 6.07) is 4.76. The zero-order valence-electron chi connectivity index (χ0n) is 11.5. The smallest absolute Gasteiger partial charge is 0.339 e. The molecule has 12 heteroatoms. The average molecular weight is 372 g/mol. The van der Waals surface area contributed by atoms with Crippen LogP contribution in [0.2, 0.25) is 0 Å². The molecule has 0 saturated carbocycles. The molecule has 0 spiro atoms. The molecule has 1 unspecified atom stereocenters. The van der Waals surface area contributed by atoms with Gasteiger partial charge in [-0.15, -0.1) is 0 Å². The minimum absolute atomic E-state index is 0.0952. The number of thioether (sulfide) groups is 1. The van der Waals surface area contributed by atoms with Gasteiger partial charge >= 0.3 is 15.2 Å². The second-order valence-corrected chi connectivity index (χ2v) is 9.30. The Bertz CT molecular complexity index is 576. The standard InChI is InChI=1S/C10H18N2O7P2S/c13-12-5-2-1-3-10(12)22-9(4-6-20(14,15)16)7-11-8-21(17,18)19/h1-3,5,9,11H,4,6-8H2,(H2,14,15,16)(H2,17,18,19). The van der Waals surface area contributed by atoms with Gasteiger partial charge in [-0.05, 0) is 12.5 Å². The highest BCUT2D eigenvalue weighted by Crippen LogP contribution is 2.37. The van der Waals surface area contributed by atoms with Gasteiger partial charge in [-0.1, -0.05) is 11.8 Å². The molecule has 0 fully saturated rings. The van der Waals surface area contributed by atoms with Crippen LogP contribution in [-0.2, 0) is 9.13 Å². The first kappa shape index (κ1) is 19.6. The third-order valence-corrected chi connectivity index (χ3v) is 5.28. The number of aromatic nitrogens is 1. The van der Waals surface area contributed by atoms with Crippen molar-refractivity contribution in [1.82, 2.24) is 5.32 Å². The lowest BCUT2D eigenvalue weighted by Gasteiger charge is -2.17. The average Bonchev–Trinajstić information content (AvgIpc) is 2.36. The fourth-order valence-corrected chi connectivity index (χ4v) is 3.90. The molecule has 0 aliphatic rings. The second kappa shape index (κ2) is 8.42. The van der Waals surface area contributed by atoms with E-state index in [1.165, 1.54) is 6.20 Å². The summed E-state index contributed by atoms with van der Waals surface area (Å²) in [5.41, 5.74) is 0. The Kier molecular flexibility index (Phi) is 7.51. The SMILES string of the molecule is O=P(O)(O)CCC(CNCP(=O)(O)O)Sc1cccc[n+]1[O-]. The third-order valence-electron chi connectivity index (χ3n) is 2.51. The monoisotopic (exact) mass is 372 g/mol. The molecule has 0 saturated heterocycles. The van der Waals surface area contributed by atoms with Crippen molar-refractivity contribution >= 4 is 27.0 Å². The first-order valence-corrected chi connectivity index (χ1v) is 10.7. The van der Waals surface area contributed by atoms with Crippen LogP contribution in [0, 0.1) is 5.21 Å². The van der Waals surface area contributed by atoms with E-state index >= 15 is 0 Å². The number of rotatable bonds is 9. The van der Waals surface area contributed by atoms with Gasteiger partial charge in [0.05, 0.1) is 12.4 Å². The Morgan fingerprint density at radius 3 is 2.45 bits per heavy atom. The van der Waals surface area contributed by atoms with E-state index in [0.29, 0.717) is 9.76 Å². The van der Waals surface area contributed by atoms with Crippen molar-refractivity contribution < 1.29 is 33.4 Å². The first-order valence-electron chi connectivity index (χ1n) is 6.21. The molecule has 1 aromatic heterocycles. The van der Waals surface area contributed by atoms with Crippen LogP contribution >= 0.6 is 27.0 Å². The molecule has 0 aliphatic heterocycles. The predicted octanol–water partition coefficient (Wildman–Crippen LogP) is 0.0733. The van der Waals surface area contributed by atoms with Crippen LogP contribution in [0.15, 0.2) is 29.4 Å². The number of pyridine rings is 1. The molecule has 0 aromatic carbocycles. The maximum absolute atomic E-state index is 11.6. The van der Waals surface area contributed by atoms with Gasteiger partial charge in [-0.2, -0.15) is 4.73 Å². The van der Waals surface area contributed by atoms with Gasteiger partial charge in [0.25, 0.3) is 5.03 Å². The van der Waals surface area contributed by atoms with E-state index in [4.69, 9.17) is 19.6 Å². The van der Waals surface area contributed by atoms with Crippen molar-refractivity contribution in [3.8, 4) is 0 Å². The molecule has 1 rings (SSSR count). The van der Waals surface area contributed by atoms with Crippen LogP contribution in [0.4, 0.5) is 0 Å². The Hall–Kier alpha value is -0.440. The number of nitrogens with zero attached hydrogens (tertiary/aromatic N) is 1. The molecule has 9 nitrogen and oxygen atoms in total. The quantitative estimate of drug-likeness (QED) is 0.175. The summed E-state index contributed by atoms with van der Waals surface area (Å²) in [4.78, 5) is 35.4. The highest BCUT2D eigenvalue weighted by Gasteiger charge is 2.22. The zero-order chi connectivity index (χ0) is 16.8. The molecule has 1 heterocycles. The summed E-state index contributed by atoms with van der Waals surface area (Å²) in [7, 11) is -8.39. The number of nitrogens with one attached hydrogen (secondary N) is 1. The summed E-state index contributed by atoms with van der Waals surface area (Å²) >= 11 is 1.10. The summed E-state index contributed by atoms with van der Waals surface area (Å²) in [6.45, 7) is 0.102. The van der Waals surface area contributed by atoms with Crippen molar-refractivity contribution in [1.29, 1.82) is 0 Å². The van der Waals surface area contributed by atoms with E-state index in [-0.39, 0.29) is 19.1 Å². The highest BCUT2D eigenvalue weighted by molar-refractivity contribution is 7.99. The molecule has 0 aliphatic carbocycles. The summed E-state index contributed by atoms with van der Waals surface area (Å²) in [5, 5.41) is 14.1. The molecule has 0 bridgehead atoms. The van der Waals surface area contributed by atoms with Crippen LogP contribution in [0.25, 0.3) is 0 Å². The van der Waals surface area contributed by atoms with Gasteiger partial charge in [0.1, 0.15) is 0 Å². The Morgan fingerprint density at radius 1 is 1.23 bits per heavy atom. The van der Waals surface area contributed by atoms with Crippen LogP contribution < -0.4 is 10.0 Å². The molecule has 22 heavy (non-hydrogen) atoms. The summed E-state index contributed by atoms with van der Waals surface area (Å²) in [5.74, 6) is 0. The third kappa shape index (κ3) is 8.87. The van der Waals surface area contributed by atoms with Crippen molar-refractivity contribution in [3.63, 3.8) is 0 Å². The van der Waals surface area contributed by atoms with Crippen LogP contribution in [0.1, 0.15) is 6.42 Å². The Labute approximate surface area is 131 Å². The topological polar surface area (TPSA) is 154 Å². The predicted molar refractivity (Wildman–Crippen MR) is 81.5 cm³/mol. The zero-order valence-corrected chi connectivity index (χ0v) is 14.1. The molecular weight excluding hydrogens is 354 g/mol. The number of hydrogen-bond acceptors (Lipinski definition) is 5. The fraction of sp³-hybridized carbons (Fsp3) is 0.500. The van der Waals surface area contributed by atoms with E-state index in [1.807, 2.05) is 0 Å². The minimum atomic E-state index is -4.21. The Balaban J connectivity index is 2.67. The summed E-state index contributed by atoms with van der Waals surface area (Å²) in [6.07, 6.45) is 0.490. The van der Waals surface area contributed by atoms with Crippen LogP contribution in [-0.4, -0.2) is 43.8 Å². The van der Waals surface area contributed by atoms with Crippen molar-refractivity contribution in [2.24, 2.45) is 0 Å². The highest BCUT2D eigenvalue weighted by atomic mass is 32.2. The van der Waals surface area contributed by atoms with Crippen LogP contribution in [0.3, 0.4) is 0 Å². The van der Waals surface area contributed by atoms with Crippen molar-refractivity contribution in [2.75, 3.05) is 19.0 Å². The van der Waals surface area contributed by atoms with Gasteiger partial charge < -0.3 is 30.1 Å². The summed E-state index contributed by atoms with van der Waals surface area (Å²) < 4.78 is 22.4. The lowest BCUT2D eigenvalue weighted by molar-refractivity contribution is -0.645. The molecular formula is C10H18N2O7P2S. The molecule has 1 atom stereocenters. The molecule has 0 amide bonds. The van der Waals surface area contributed by atoms with Crippen LogP contribution in [0.5, 0.6) is 0 Å².